The molecular weight excluding hydrogens is 343 g/mol. The van der Waals surface area contributed by atoms with Crippen LogP contribution in [0.25, 0.3) is 10.8 Å². The largest absolute Gasteiger partial charge is 0.462 e. The summed E-state index contributed by atoms with van der Waals surface area (Å²) in [6.07, 6.45) is 1.57. The molecule has 0 aliphatic carbocycles. The zero-order chi connectivity index (χ0) is 15.7. The molecule has 2 heterocycles. The molecular formula is C15H10Cl2N2O2S. The number of amides is 1. The smallest absolute Gasteiger partial charge is 0.277 e. The summed E-state index contributed by atoms with van der Waals surface area (Å²) in [6, 6.07) is 8.53. The van der Waals surface area contributed by atoms with Crippen molar-refractivity contribution in [3.8, 4) is 10.8 Å². The number of hydrogen-bond donors (Lipinski definition) is 0. The van der Waals surface area contributed by atoms with Crippen molar-refractivity contribution in [1.82, 2.24) is 4.98 Å². The van der Waals surface area contributed by atoms with E-state index in [2.05, 4.69) is 4.98 Å². The summed E-state index contributed by atoms with van der Waals surface area (Å²) in [6.45, 7) is 0. The third-order valence-corrected chi connectivity index (χ3v) is 4.29. The average Bonchev–Trinajstić information content (AvgIpc) is 3.15. The molecule has 1 aromatic carbocycles. The number of carbonyl (C=O) groups excluding carboxylic acids is 1. The van der Waals surface area contributed by atoms with Crippen LogP contribution in [0.1, 0.15) is 10.5 Å². The molecule has 0 bridgehead atoms. The number of aromatic nitrogens is 1. The molecule has 0 saturated carbocycles. The zero-order valence-corrected chi connectivity index (χ0v) is 13.7. The minimum atomic E-state index is -0.243. The second-order valence-electron chi connectivity index (χ2n) is 4.51. The van der Waals surface area contributed by atoms with Crippen molar-refractivity contribution >= 4 is 46.1 Å². The van der Waals surface area contributed by atoms with Crippen LogP contribution < -0.4 is 4.90 Å². The first-order valence-electron chi connectivity index (χ1n) is 6.28. The predicted octanol–water partition coefficient (Wildman–Crippen LogP) is 4.99. The standard InChI is InChI=1S/C15H10Cl2N2O2S/c1-19(11-6-9(16)5-10(17)7-11)15(20)12-8-22-14(18-12)13-3-2-4-21-13/h2-8H,1H3. The second kappa shape index (κ2) is 6.12. The topological polar surface area (TPSA) is 46.3 Å². The lowest BCUT2D eigenvalue weighted by molar-refractivity contribution is 0.0989. The highest BCUT2D eigenvalue weighted by Gasteiger charge is 2.18. The summed E-state index contributed by atoms with van der Waals surface area (Å²) in [5.74, 6) is 0.393. The summed E-state index contributed by atoms with van der Waals surface area (Å²) < 4.78 is 5.28. The highest BCUT2D eigenvalue weighted by molar-refractivity contribution is 7.13. The molecule has 0 atom stereocenters. The highest BCUT2D eigenvalue weighted by atomic mass is 35.5. The third kappa shape index (κ3) is 3.02. The van der Waals surface area contributed by atoms with E-state index in [1.165, 1.54) is 16.2 Å². The molecule has 1 amide bonds. The van der Waals surface area contributed by atoms with Crippen molar-refractivity contribution in [2.45, 2.75) is 0 Å². The fraction of sp³-hybridized carbons (Fsp3) is 0.0667. The number of hydrogen-bond acceptors (Lipinski definition) is 4. The molecule has 4 nitrogen and oxygen atoms in total. The van der Waals surface area contributed by atoms with Crippen LogP contribution in [0, 0.1) is 0 Å². The normalized spacial score (nSPS) is 10.7. The van der Waals surface area contributed by atoms with Crippen LogP contribution in [0.15, 0.2) is 46.4 Å². The van der Waals surface area contributed by atoms with E-state index in [-0.39, 0.29) is 5.91 Å². The lowest BCUT2D eigenvalue weighted by Crippen LogP contribution is -2.26. The van der Waals surface area contributed by atoms with E-state index >= 15 is 0 Å². The molecule has 0 unspecified atom stereocenters. The van der Waals surface area contributed by atoms with Crippen molar-refractivity contribution in [3.05, 3.63) is 57.7 Å². The average molecular weight is 353 g/mol. The number of rotatable bonds is 3. The monoisotopic (exact) mass is 352 g/mol. The van der Waals surface area contributed by atoms with Gasteiger partial charge in [-0.25, -0.2) is 4.98 Å². The predicted molar refractivity (Wildman–Crippen MR) is 89.0 cm³/mol. The van der Waals surface area contributed by atoms with Crippen molar-refractivity contribution in [1.29, 1.82) is 0 Å². The summed E-state index contributed by atoms with van der Waals surface area (Å²) >= 11 is 13.3. The van der Waals surface area contributed by atoms with Crippen LogP contribution in [0.5, 0.6) is 0 Å². The Labute approximate surface area is 140 Å². The second-order valence-corrected chi connectivity index (χ2v) is 6.24. The molecule has 3 rings (SSSR count). The van der Waals surface area contributed by atoms with Crippen molar-refractivity contribution in [2.24, 2.45) is 0 Å². The van der Waals surface area contributed by atoms with E-state index in [4.69, 9.17) is 27.6 Å². The molecule has 7 heteroatoms. The van der Waals surface area contributed by atoms with Crippen LogP contribution in [0.3, 0.4) is 0 Å². The fourth-order valence-electron chi connectivity index (χ4n) is 1.91. The fourth-order valence-corrected chi connectivity index (χ4v) is 3.18. The molecule has 112 valence electrons. The number of nitrogens with zero attached hydrogens (tertiary/aromatic N) is 2. The van der Waals surface area contributed by atoms with Crippen LogP contribution in [-0.4, -0.2) is 17.9 Å². The van der Waals surface area contributed by atoms with Crippen LogP contribution >= 0.6 is 34.5 Å². The van der Waals surface area contributed by atoms with Gasteiger partial charge in [0.1, 0.15) is 5.69 Å². The summed E-state index contributed by atoms with van der Waals surface area (Å²) in [4.78, 5) is 18.3. The summed E-state index contributed by atoms with van der Waals surface area (Å²) in [7, 11) is 1.65. The lowest BCUT2D eigenvalue weighted by atomic mass is 10.3. The van der Waals surface area contributed by atoms with Gasteiger partial charge in [0.15, 0.2) is 10.8 Å². The van der Waals surface area contributed by atoms with Gasteiger partial charge in [0.25, 0.3) is 5.91 Å². The Balaban J connectivity index is 1.87. The Kier molecular flexibility index (Phi) is 4.20. The molecule has 0 N–H and O–H groups in total. The van der Waals surface area contributed by atoms with Crippen molar-refractivity contribution < 1.29 is 9.21 Å². The first-order valence-corrected chi connectivity index (χ1v) is 7.92. The van der Waals surface area contributed by atoms with Crippen molar-refractivity contribution in [2.75, 3.05) is 11.9 Å². The number of furan rings is 1. The summed E-state index contributed by atoms with van der Waals surface area (Å²) in [5.41, 5.74) is 0.949. The Morgan fingerprint density at radius 2 is 2.00 bits per heavy atom. The van der Waals surface area contributed by atoms with Gasteiger partial charge >= 0.3 is 0 Å². The Morgan fingerprint density at radius 3 is 2.64 bits per heavy atom. The number of anilines is 1. The van der Waals surface area contributed by atoms with E-state index in [0.717, 1.165) is 0 Å². The van der Waals surface area contributed by atoms with Gasteiger partial charge < -0.3 is 9.32 Å². The SMILES string of the molecule is CN(C(=O)c1csc(-c2ccco2)n1)c1cc(Cl)cc(Cl)c1. The van der Waals surface area contributed by atoms with E-state index in [1.54, 1.807) is 49.0 Å². The maximum atomic E-state index is 12.5. The van der Waals surface area contributed by atoms with Crippen LogP contribution in [-0.2, 0) is 0 Å². The maximum absolute atomic E-state index is 12.5. The number of benzene rings is 1. The van der Waals surface area contributed by atoms with Crippen LogP contribution in [0.2, 0.25) is 10.0 Å². The molecule has 3 aromatic rings. The molecule has 2 aromatic heterocycles. The van der Waals surface area contributed by atoms with Gasteiger partial charge in [-0.2, -0.15) is 0 Å². The molecule has 0 fully saturated rings. The van der Waals surface area contributed by atoms with E-state index in [0.29, 0.717) is 32.2 Å². The zero-order valence-electron chi connectivity index (χ0n) is 11.4. The number of thiazole rings is 1. The first kappa shape index (κ1) is 15.1. The molecule has 22 heavy (non-hydrogen) atoms. The molecule has 0 aliphatic heterocycles. The molecule has 0 radical (unpaired) electrons. The lowest BCUT2D eigenvalue weighted by Gasteiger charge is -2.16. The molecule has 0 saturated heterocycles. The molecule has 0 aliphatic rings. The van der Waals surface area contributed by atoms with Gasteiger partial charge in [0, 0.05) is 28.2 Å². The Hall–Kier alpha value is -1.82. The minimum absolute atomic E-state index is 0.243. The van der Waals surface area contributed by atoms with Crippen LogP contribution in [0.4, 0.5) is 5.69 Å². The maximum Gasteiger partial charge on any atom is 0.277 e. The minimum Gasteiger partial charge on any atom is -0.462 e. The molecule has 0 spiro atoms. The van der Waals surface area contributed by atoms with Gasteiger partial charge in [0.2, 0.25) is 0 Å². The number of carbonyl (C=O) groups is 1. The van der Waals surface area contributed by atoms with Gasteiger partial charge in [-0.05, 0) is 30.3 Å². The van der Waals surface area contributed by atoms with Gasteiger partial charge in [-0.15, -0.1) is 11.3 Å². The van der Waals surface area contributed by atoms with Gasteiger partial charge in [-0.1, -0.05) is 23.2 Å². The highest BCUT2D eigenvalue weighted by Crippen LogP contribution is 2.28. The Morgan fingerprint density at radius 1 is 1.27 bits per heavy atom. The quantitative estimate of drug-likeness (QED) is 0.667. The van der Waals surface area contributed by atoms with E-state index < -0.39 is 0 Å². The number of halogens is 2. The van der Waals surface area contributed by atoms with Crippen molar-refractivity contribution in [3.63, 3.8) is 0 Å². The van der Waals surface area contributed by atoms with Gasteiger partial charge in [-0.3, -0.25) is 4.79 Å². The Bertz CT molecular complexity index is 795. The van der Waals surface area contributed by atoms with E-state index in [1.807, 2.05) is 0 Å². The van der Waals surface area contributed by atoms with E-state index in [9.17, 15) is 4.79 Å². The first-order chi connectivity index (χ1) is 10.5. The van der Waals surface area contributed by atoms with Gasteiger partial charge in [0.05, 0.1) is 6.26 Å². The third-order valence-electron chi connectivity index (χ3n) is 2.99. The summed E-state index contributed by atoms with van der Waals surface area (Å²) in [5, 5.41) is 3.29.